The molecule has 0 aromatic heterocycles. The molecule has 11 heavy (non-hydrogen) atoms. The molecule has 3 heteroatoms. The molecule has 0 saturated carbocycles. The lowest BCUT2D eigenvalue weighted by molar-refractivity contribution is -0.111. The predicted molar refractivity (Wildman–Crippen MR) is 48.8 cm³/mol. The van der Waals surface area contributed by atoms with Crippen LogP contribution in [0.3, 0.4) is 0 Å². The lowest BCUT2D eigenvalue weighted by Crippen LogP contribution is -2.30. The van der Waals surface area contributed by atoms with Crippen LogP contribution in [-0.4, -0.2) is 29.7 Å². The number of carbonyl (C=O) groups excluding carboxylic acids is 1. The molecule has 0 bridgehead atoms. The van der Waals surface area contributed by atoms with Crippen LogP contribution in [0.25, 0.3) is 0 Å². The third-order valence-corrected chi connectivity index (χ3v) is 2.61. The predicted octanol–water partition coefficient (Wildman–Crippen LogP) is 1.64. The lowest BCUT2D eigenvalue weighted by Gasteiger charge is -2.27. The van der Waals surface area contributed by atoms with Crippen molar-refractivity contribution in [1.82, 2.24) is 4.90 Å². The van der Waals surface area contributed by atoms with Crippen LogP contribution in [0.5, 0.6) is 0 Å². The van der Waals surface area contributed by atoms with E-state index in [1.165, 1.54) is 12.8 Å². The van der Waals surface area contributed by atoms with Crippen LogP contribution in [0.1, 0.15) is 19.3 Å². The van der Waals surface area contributed by atoms with Crippen molar-refractivity contribution in [3.05, 3.63) is 0 Å². The normalized spacial score (nSPS) is 22.0. The molecule has 0 aromatic rings. The van der Waals surface area contributed by atoms with Gasteiger partial charge in [-0.15, -0.1) is 0 Å². The number of hydrogen-bond acceptors (Lipinski definition) is 2. The van der Waals surface area contributed by atoms with Crippen LogP contribution in [0, 0.1) is 5.92 Å². The summed E-state index contributed by atoms with van der Waals surface area (Å²) in [6.45, 7) is 2.29. The van der Waals surface area contributed by atoms with Gasteiger partial charge in [0.25, 0.3) is 0 Å². The summed E-state index contributed by atoms with van der Waals surface area (Å²) in [5, 5.41) is 0. The zero-order valence-corrected chi connectivity index (χ0v) is 8.43. The first kappa shape index (κ1) is 9.20. The molecule has 0 N–H and O–H groups in total. The molecule has 0 aromatic carbocycles. The molecule has 2 nitrogen and oxygen atoms in total. The number of nitrogens with zero attached hydrogens (tertiary/aromatic N) is 1. The Kier molecular flexibility index (Phi) is 3.52. The van der Waals surface area contributed by atoms with Crippen molar-refractivity contribution in [1.29, 1.82) is 0 Å². The van der Waals surface area contributed by atoms with Crippen LogP contribution in [0.2, 0.25) is 0 Å². The van der Waals surface area contributed by atoms with Gasteiger partial charge in [0.1, 0.15) is 0 Å². The molecule has 1 fully saturated rings. The Labute approximate surface area is 76.1 Å². The van der Waals surface area contributed by atoms with Gasteiger partial charge in [-0.2, -0.15) is 0 Å². The number of rotatable bonds is 2. The second-order valence-electron chi connectivity index (χ2n) is 3.31. The summed E-state index contributed by atoms with van der Waals surface area (Å²) in [6.07, 6.45) is 3.06. The Bertz CT molecular complexity index is 141. The van der Waals surface area contributed by atoms with Crippen molar-refractivity contribution < 1.29 is 4.79 Å². The van der Waals surface area contributed by atoms with E-state index in [1.54, 1.807) is 0 Å². The first-order valence-electron chi connectivity index (χ1n) is 4.05. The Morgan fingerprint density at radius 2 is 2.09 bits per heavy atom. The molecule has 1 heterocycles. The highest BCUT2D eigenvalue weighted by molar-refractivity contribution is 9.18. The fraction of sp³-hybridized carbons (Fsp3) is 0.875. The fourth-order valence-electron chi connectivity index (χ4n) is 1.49. The SMILES string of the molecule is CN1CCC(CC(=O)Br)CC1. The van der Waals surface area contributed by atoms with Crippen LogP contribution in [0.15, 0.2) is 0 Å². The van der Waals surface area contributed by atoms with Gasteiger partial charge >= 0.3 is 0 Å². The van der Waals surface area contributed by atoms with Gasteiger partial charge in [-0.25, -0.2) is 0 Å². The first-order chi connectivity index (χ1) is 5.18. The van der Waals surface area contributed by atoms with Crippen molar-refractivity contribution in [3.63, 3.8) is 0 Å². The number of piperidine rings is 1. The molecule has 0 unspecified atom stereocenters. The summed E-state index contributed by atoms with van der Waals surface area (Å²) >= 11 is 2.97. The van der Waals surface area contributed by atoms with Gasteiger partial charge in [0.05, 0.1) is 0 Å². The van der Waals surface area contributed by atoms with E-state index >= 15 is 0 Å². The summed E-state index contributed by atoms with van der Waals surface area (Å²) < 4.78 is 0.159. The topological polar surface area (TPSA) is 20.3 Å². The minimum atomic E-state index is 0.159. The van der Waals surface area contributed by atoms with Gasteiger partial charge in [-0.05, 0) is 54.8 Å². The van der Waals surface area contributed by atoms with E-state index in [-0.39, 0.29) is 4.69 Å². The Morgan fingerprint density at radius 3 is 2.55 bits per heavy atom. The largest absolute Gasteiger partial charge is 0.306 e. The quantitative estimate of drug-likeness (QED) is 0.659. The Hall–Kier alpha value is 0.110. The molecule has 1 aliphatic heterocycles. The van der Waals surface area contributed by atoms with Crippen LogP contribution < -0.4 is 0 Å². The number of halogens is 1. The molecule has 0 spiro atoms. The van der Waals surface area contributed by atoms with E-state index < -0.39 is 0 Å². The molecule has 1 rings (SSSR count). The van der Waals surface area contributed by atoms with Crippen molar-refractivity contribution in [3.8, 4) is 0 Å². The molecule has 0 atom stereocenters. The van der Waals surface area contributed by atoms with Gasteiger partial charge in [0.2, 0.25) is 0 Å². The number of hydrogen-bond donors (Lipinski definition) is 0. The molecular formula is C8H14BrNO. The molecular weight excluding hydrogens is 206 g/mol. The second kappa shape index (κ2) is 4.21. The summed E-state index contributed by atoms with van der Waals surface area (Å²) in [6, 6.07) is 0. The Morgan fingerprint density at radius 1 is 1.55 bits per heavy atom. The van der Waals surface area contributed by atoms with E-state index in [4.69, 9.17) is 0 Å². The highest BCUT2D eigenvalue weighted by atomic mass is 79.9. The maximum atomic E-state index is 10.7. The van der Waals surface area contributed by atoms with E-state index in [0.29, 0.717) is 12.3 Å². The third-order valence-electron chi connectivity index (χ3n) is 2.29. The summed E-state index contributed by atoms with van der Waals surface area (Å²) in [4.78, 5) is 13.0. The van der Waals surface area contributed by atoms with Gasteiger partial charge in [-0.1, -0.05) is 0 Å². The molecule has 0 radical (unpaired) electrons. The zero-order valence-electron chi connectivity index (χ0n) is 6.85. The monoisotopic (exact) mass is 219 g/mol. The van der Waals surface area contributed by atoms with Gasteiger partial charge in [-0.3, -0.25) is 4.79 Å². The third kappa shape index (κ3) is 3.34. The first-order valence-corrected chi connectivity index (χ1v) is 4.84. The molecule has 0 amide bonds. The summed E-state index contributed by atoms with van der Waals surface area (Å²) in [7, 11) is 2.13. The van der Waals surface area contributed by atoms with E-state index in [2.05, 4.69) is 27.9 Å². The summed E-state index contributed by atoms with van der Waals surface area (Å²) in [5.74, 6) is 0.623. The van der Waals surface area contributed by atoms with Crippen molar-refractivity contribution in [2.45, 2.75) is 19.3 Å². The van der Waals surface area contributed by atoms with E-state index in [9.17, 15) is 4.79 Å². The summed E-state index contributed by atoms with van der Waals surface area (Å²) in [5.41, 5.74) is 0. The molecule has 0 aliphatic carbocycles. The number of likely N-dealkylation sites (tertiary alicyclic amines) is 1. The number of carbonyl (C=O) groups is 1. The Balaban J connectivity index is 2.22. The second-order valence-corrected chi connectivity index (χ2v) is 4.19. The minimum Gasteiger partial charge on any atom is -0.306 e. The van der Waals surface area contributed by atoms with Gasteiger partial charge in [0, 0.05) is 6.42 Å². The average Bonchev–Trinajstić information content (AvgIpc) is 1.93. The average molecular weight is 220 g/mol. The van der Waals surface area contributed by atoms with E-state index in [0.717, 1.165) is 13.1 Å². The van der Waals surface area contributed by atoms with Crippen molar-refractivity contribution >= 4 is 20.6 Å². The molecule has 1 saturated heterocycles. The smallest absolute Gasteiger partial charge is 0.198 e. The van der Waals surface area contributed by atoms with Crippen LogP contribution in [-0.2, 0) is 4.79 Å². The maximum absolute atomic E-state index is 10.7. The van der Waals surface area contributed by atoms with Gasteiger partial charge < -0.3 is 4.90 Å². The van der Waals surface area contributed by atoms with Crippen molar-refractivity contribution in [2.24, 2.45) is 5.92 Å². The highest BCUT2D eigenvalue weighted by Crippen LogP contribution is 2.20. The zero-order chi connectivity index (χ0) is 8.27. The van der Waals surface area contributed by atoms with Crippen LogP contribution in [0.4, 0.5) is 0 Å². The van der Waals surface area contributed by atoms with Gasteiger partial charge in [0.15, 0.2) is 4.69 Å². The fourth-order valence-corrected chi connectivity index (χ4v) is 1.95. The van der Waals surface area contributed by atoms with Crippen LogP contribution >= 0.6 is 15.9 Å². The lowest BCUT2D eigenvalue weighted by atomic mass is 9.95. The molecule has 1 aliphatic rings. The highest BCUT2D eigenvalue weighted by Gasteiger charge is 2.17. The maximum Gasteiger partial charge on any atom is 0.198 e. The minimum absolute atomic E-state index is 0.159. The molecule has 64 valence electrons. The standard InChI is InChI=1S/C8H14BrNO/c1-10-4-2-7(3-5-10)6-8(9)11/h7H,2-6H2,1H3. The van der Waals surface area contributed by atoms with Crippen molar-refractivity contribution in [2.75, 3.05) is 20.1 Å². The van der Waals surface area contributed by atoms with E-state index in [1.807, 2.05) is 0 Å².